The largest absolute Gasteiger partial charge is 0.348 e. The van der Waals surface area contributed by atoms with Gasteiger partial charge in [-0.3, -0.25) is 14.5 Å². The zero-order valence-corrected chi connectivity index (χ0v) is 14.3. The van der Waals surface area contributed by atoms with Gasteiger partial charge in [-0.25, -0.2) is 0 Å². The van der Waals surface area contributed by atoms with Gasteiger partial charge >= 0.3 is 0 Å². The van der Waals surface area contributed by atoms with E-state index < -0.39 is 0 Å². The predicted molar refractivity (Wildman–Crippen MR) is 98.5 cm³/mol. The van der Waals surface area contributed by atoms with Crippen molar-refractivity contribution < 1.29 is 4.79 Å². The van der Waals surface area contributed by atoms with Crippen LogP contribution in [0.3, 0.4) is 0 Å². The molecule has 0 saturated heterocycles. The first-order valence-electron chi connectivity index (χ1n) is 8.03. The van der Waals surface area contributed by atoms with Gasteiger partial charge in [-0.15, -0.1) is 0 Å². The summed E-state index contributed by atoms with van der Waals surface area (Å²) in [4.78, 5) is 16.2. The van der Waals surface area contributed by atoms with Crippen molar-refractivity contribution in [2.24, 2.45) is 7.05 Å². The van der Waals surface area contributed by atoms with Gasteiger partial charge in [-0.05, 0) is 35.4 Å². The standard InChI is InChI=1S/C20H17N5O/c1-25-14-18(13-24-25)19-8-9-22-12-17(19)6-7-20(26)23-11-16-4-2-15(10-21)3-5-16/h2-9,12-14H,11H2,1H3,(H,23,26)/b7-6+. The summed E-state index contributed by atoms with van der Waals surface area (Å²) in [5.74, 6) is -0.199. The van der Waals surface area contributed by atoms with Crippen LogP contribution in [0.15, 0.2) is 61.2 Å². The van der Waals surface area contributed by atoms with Gasteiger partial charge in [0, 0.05) is 49.4 Å². The number of hydrogen-bond acceptors (Lipinski definition) is 4. The van der Waals surface area contributed by atoms with Gasteiger partial charge in [0.1, 0.15) is 0 Å². The van der Waals surface area contributed by atoms with E-state index in [9.17, 15) is 4.79 Å². The Labute approximate surface area is 151 Å². The Morgan fingerprint density at radius 3 is 2.77 bits per heavy atom. The minimum absolute atomic E-state index is 0.199. The van der Waals surface area contributed by atoms with Crippen LogP contribution < -0.4 is 5.32 Å². The Morgan fingerprint density at radius 1 is 1.27 bits per heavy atom. The first-order valence-corrected chi connectivity index (χ1v) is 8.03. The van der Waals surface area contributed by atoms with E-state index in [4.69, 9.17) is 5.26 Å². The maximum absolute atomic E-state index is 12.1. The van der Waals surface area contributed by atoms with Crippen LogP contribution >= 0.6 is 0 Å². The molecule has 0 aliphatic rings. The molecule has 6 heteroatoms. The monoisotopic (exact) mass is 343 g/mol. The molecule has 0 saturated carbocycles. The fourth-order valence-corrected chi connectivity index (χ4v) is 2.47. The van der Waals surface area contributed by atoms with Crippen molar-refractivity contribution in [1.82, 2.24) is 20.1 Å². The molecule has 2 aromatic heterocycles. The highest BCUT2D eigenvalue weighted by Gasteiger charge is 2.05. The second-order valence-corrected chi connectivity index (χ2v) is 5.73. The molecular weight excluding hydrogens is 326 g/mol. The maximum atomic E-state index is 12.1. The zero-order chi connectivity index (χ0) is 18.4. The Balaban J connectivity index is 1.66. The number of carbonyl (C=O) groups excluding carboxylic acids is 1. The summed E-state index contributed by atoms with van der Waals surface area (Å²) in [6.07, 6.45) is 10.3. The summed E-state index contributed by atoms with van der Waals surface area (Å²) in [6, 6.07) is 11.1. The van der Waals surface area contributed by atoms with Gasteiger partial charge in [0.15, 0.2) is 0 Å². The predicted octanol–water partition coefficient (Wildman–Crippen LogP) is 2.68. The molecule has 3 aromatic rings. The van der Waals surface area contributed by atoms with Crippen molar-refractivity contribution in [1.29, 1.82) is 5.26 Å². The number of hydrogen-bond donors (Lipinski definition) is 1. The number of benzene rings is 1. The molecule has 26 heavy (non-hydrogen) atoms. The van der Waals surface area contributed by atoms with Gasteiger partial charge < -0.3 is 5.32 Å². The molecule has 1 amide bonds. The van der Waals surface area contributed by atoms with E-state index in [1.807, 2.05) is 31.4 Å². The summed E-state index contributed by atoms with van der Waals surface area (Å²) in [6.45, 7) is 0.400. The molecule has 2 heterocycles. The molecule has 0 spiro atoms. The summed E-state index contributed by atoms with van der Waals surface area (Å²) >= 11 is 0. The number of pyridine rings is 1. The van der Waals surface area contributed by atoms with E-state index in [0.29, 0.717) is 12.1 Å². The number of aryl methyl sites for hydroxylation is 1. The van der Waals surface area contributed by atoms with E-state index in [-0.39, 0.29) is 5.91 Å². The molecule has 3 rings (SSSR count). The van der Waals surface area contributed by atoms with E-state index in [1.54, 1.807) is 41.5 Å². The third kappa shape index (κ3) is 4.22. The van der Waals surface area contributed by atoms with Crippen LogP contribution in [0, 0.1) is 11.3 Å². The Morgan fingerprint density at radius 2 is 2.08 bits per heavy atom. The van der Waals surface area contributed by atoms with E-state index in [1.165, 1.54) is 6.08 Å². The second kappa shape index (κ2) is 7.90. The smallest absolute Gasteiger partial charge is 0.244 e. The highest BCUT2D eigenvalue weighted by Crippen LogP contribution is 2.23. The summed E-state index contributed by atoms with van der Waals surface area (Å²) in [7, 11) is 1.86. The molecular formula is C20H17N5O. The summed E-state index contributed by atoms with van der Waals surface area (Å²) < 4.78 is 1.73. The summed E-state index contributed by atoms with van der Waals surface area (Å²) in [5.41, 5.74) is 4.30. The molecule has 6 nitrogen and oxygen atoms in total. The van der Waals surface area contributed by atoms with Crippen LogP contribution in [-0.2, 0) is 18.4 Å². The molecule has 128 valence electrons. The van der Waals surface area contributed by atoms with E-state index >= 15 is 0 Å². The van der Waals surface area contributed by atoms with Gasteiger partial charge in [-0.1, -0.05) is 12.1 Å². The summed E-state index contributed by atoms with van der Waals surface area (Å²) in [5, 5.41) is 15.8. The Kier molecular flexibility index (Phi) is 5.20. The molecule has 0 unspecified atom stereocenters. The second-order valence-electron chi connectivity index (χ2n) is 5.73. The quantitative estimate of drug-likeness (QED) is 0.722. The normalized spacial score (nSPS) is 10.6. The van der Waals surface area contributed by atoms with Gasteiger partial charge in [0.2, 0.25) is 5.91 Å². The lowest BCUT2D eigenvalue weighted by Crippen LogP contribution is -2.20. The number of rotatable bonds is 5. The van der Waals surface area contributed by atoms with Crippen LogP contribution in [0.25, 0.3) is 17.2 Å². The van der Waals surface area contributed by atoms with Gasteiger partial charge in [0.05, 0.1) is 17.8 Å². The fraction of sp³-hybridized carbons (Fsp3) is 0.100. The number of nitrogens with one attached hydrogen (secondary N) is 1. The highest BCUT2D eigenvalue weighted by atomic mass is 16.1. The minimum atomic E-state index is -0.199. The average molecular weight is 343 g/mol. The van der Waals surface area contributed by atoms with Crippen molar-refractivity contribution in [3.8, 4) is 17.2 Å². The Bertz CT molecular complexity index is 980. The van der Waals surface area contributed by atoms with Crippen LogP contribution in [0.4, 0.5) is 0 Å². The van der Waals surface area contributed by atoms with Crippen LogP contribution in [0.2, 0.25) is 0 Å². The highest BCUT2D eigenvalue weighted by molar-refractivity contribution is 5.92. The van der Waals surface area contributed by atoms with Gasteiger partial charge in [-0.2, -0.15) is 10.4 Å². The van der Waals surface area contributed by atoms with E-state index in [0.717, 1.165) is 22.3 Å². The van der Waals surface area contributed by atoms with Crippen molar-refractivity contribution >= 4 is 12.0 Å². The van der Waals surface area contributed by atoms with Crippen molar-refractivity contribution in [2.75, 3.05) is 0 Å². The number of carbonyl (C=O) groups is 1. The molecule has 0 atom stereocenters. The zero-order valence-electron chi connectivity index (χ0n) is 14.3. The fourth-order valence-electron chi connectivity index (χ4n) is 2.47. The molecule has 0 radical (unpaired) electrons. The number of amides is 1. The minimum Gasteiger partial charge on any atom is -0.348 e. The van der Waals surface area contributed by atoms with Crippen LogP contribution in [0.5, 0.6) is 0 Å². The van der Waals surface area contributed by atoms with Crippen LogP contribution in [0.1, 0.15) is 16.7 Å². The lowest BCUT2D eigenvalue weighted by molar-refractivity contribution is -0.116. The molecule has 0 aliphatic heterocycles. The van der Waals surface area contributed by atoms with Crippen molar-refractivity contribution in [2.45, 2.75) is 6.54 Å². The SMILES string of the molecule is Cn1cc(-c2ccncc2/C=C/C(=O)NCc2ccc(C#N)cc2)cn1. The van der Waals surface area contributed by atoms with Gasteiger partial charge in [0.25, 0.3) is 0 Å². The van der Waals surface area contributed by atoms with Crippen molar-refractivity contribution in [3.63, 3.8) is 0 Å². The van der Waals surface area contributed by atoms with Crippen molar-refractivity contribution in [3.05, 3.63) is 77.9 Å². The first-order chi connectivity index (χ1) is 12.7. The molecule has 0 bridgehead atoms. The molecule has 0 fully saturated rings. The Hall–Kier alpha value is -3.72. The van der Waals surface area contributed by atoms with E-state index in [2.05, 4.69) is 21.5 Å². The lowest BCUT2D eigenvalue weighted by atomic mass is 10.0. The molecule has 1 N–H and O–H groups in total. The third-order valence-electron chi connectivity index (χ3n) is 3.83. The topological polar surface area (TPSA) is 83.6 Å². The maximum Gasteiger partial charge on any atom is 0.244 e. The number of nitrogens with zero attached hydrogens (tertiary/aromatic N) is 4. The average Bonchev–Trinajstić information content (AvgIpc) is 3.11. The lowest BCUT2D eigenvalue weighted by Gasteiger charge is -2.04. The third-order valence-corrected chi connectivity index (χ3v) is 3.83. The molecule has 0 aliphatic carbocycles. The first kappa shape index (κ1) is 17.1. The number of nitriles is 1. The van der Waals surface area contributed by atoms with Crippen LogP contribution in [-0.4, -0.2) is 20.7 Å². The molecule has 1 aromatic carbocycles. The number of aromatic nitrogens is 3.